The minimum Gasteiger partial charge on any atom is -0.481 e. The van der Waals surface area contributed by atoms with E-state index in [4.69, 9.17) is 33.1 Å². The standard InChI is InChI=1S/C19H34N8O8/c1-9(18(34)35)25-16(32)12(5-7-14(29)30)27-17(33)11(3-2-8-24-19(22)23)26-15(31)10(20)4-6-13(21)28/h9-12H,2-8,20H2,1H3,(H2,21,28)(H,25,32)(H,26,31)(H,27,33)(H,29,30)(H,34,35)(H4,22,23,24). The molecule has 198 valence electrons. The topological polar surface area (TPSA) is 295 Å². The number of nitrogens with one attached hydrogen (secondary N) is 3. The van der Waals surface area contributed by atoms with Crippen molar-refractivity contribution in [2.75, 3.05) is 6.54 Å². The molecule has 0 rings (SSSR count). The van der Waals surface area contributed by atoms with Crippen molar-refractivity contribution < 1.29 is 39.0 Å². The zero-order valence-electron chi connectivity index (χ0n) is 19.4. The minimum absolute atomic E-state index is 0.00961. The molecule has 35 heavy (non-hydrogen) atoms. The molecular formula is C19H34N8O8. The van der Waals surface area contributed by atoms with Crippen molar-refractivity contribution >= 4 is 41.5 Å². The Kier molecular flexibility index (Phi) is 14.0. The van der Waals surface area contributed by atoms with Gasteiger partial charge in [-0.15, -0.1) is 0 Å². The molecule has 4 atom stereocenters. The maximum absolute atomic E-state index is 12.9. The minimum atomic E-state index is -1.40. The van der Waals surface area contributed by atoms with Gasteiger partial charge < -0.3 is 49.1 Å². The van der Waals surface area contributed by atoms with Crippen LogP contribution in [0.15, 0.2) is 4.99 Å². The van der Waals surface area contributed by atoms with Gasteiger partial charge in [0, 0.05) is 19.4 Å². The fourth-order valence-corrected chi connectivity index (χ4v) is 2.66. The Bertz CT molecular complexity index is 815. The van der Waals surface area contributed by atoms with E-state index in [1.54, 1.807) is 0 Å². The third kappa shape index (κ3) is 14.0. The second-order valence-electron chi connectivity index (χ2n) is 7.68. The number of rotatable bonds is 17. The highest BCUT2D eigenvalue weighted by Crippen LogP contribution is 2.05. The number of nitrogens with zero attached hydrogens (tertiary/aromatic N) is 1. The van der Waals surface area contributed by atoms with Crippen molar-refractivity contribution in [3.63, 3.8) is 0 Å². The van der Waals surface area contributed by atoms with Crippen LogP contribution in [0.5, 0.6) is 0 Å². The number of carboxylic acids is 2. The SMILES string of the molecule is CC(NC(=O)C(CCC(=O)O)NC(=O)C(CCCN=C(N)N)NC(=O)C(N)CCC(N)=O)C(=O)O. The first-order valence-corrected chi connectivity index (χ1v) is 10.7. The molecule has 0 saturated heterocycles. The first-order valence-electron chi connectivity index (χ1n) is 10.7. The maximum Gasteiger partial charge on any atom is 0.325 e. The first-order chi connectivity index (χ1) is 16.2. The normalized spacial score (nSPS) is 13.9. The van der Waals surface area contributed by atoms with E-state index in [0.717, 1.165) is 0 Å². The highest BCUT2D eigenvalue weighted by molar-refractivity contribution is 5.94. The van der Waals surface area contributed by atoms with Crippen molar-refractivity contribution in [2.45, 2.75) is 69.6 Å². The van der Waals surface area contributed by atoms with E-state index in [1.165, 1.54) is 6.92 Å². The number of amides is 4. The van der Waals surface area contributed by atoms with Gasteiger partial charge in [-0.25, -0.2) is 0 Å². The summed E-state index contributed by atoms with van der Waals surface area (Å²) in [5, 5.41) is 24.8. The lowest BCUT2D eigenvalue weighted by atomic mass is 10.1. The molecule has 0 heterocycles. The summed E-state index contributed by atoms with van der Waals surface area (Å²) in [6.45, 7) is 1.31. The molecule has 16 nitrogen and oxygen atoms in total. The summed E-state index contributed by atoms with van der Waals surface area (Å²) in [7, 11) is 0. The summed E-state index contributed by atoms with van der Waals surface area (Å²) >= 11 is 0. The molecule has 0 aromatic heterocycles. The van der Waals surface area contributed by atoms with Gasteiger partial charge in [-0.2, -0.15) is 0 Å². The molecule has 16 heteroatoms. The molecule has 4 unspecified atom stereocenters. The van der Waals surface area contributed by atoms with Crippen molar-refractivity contribution in [3.8, 4) is 0 Å². The molecule has 4 amide bonds. The Morgan fingerprint density at radius 1 is 0.800 bits per heavy atom. The Morgan fingerprint density at radius 2 is 1.34 bits per heavy atom. The zero-order valence-corrected chi connectivity index (χ0v) is 19.4. The molecule has 13 N–H and O–H groups in total. The van der Waals surface area contributed by atoms with Crippen LogP contribution in [-0.2, 0) is 28.8 Å². The summed E-state index contributed by atoms with van der Waals surface area (Å²) < 4.78 is 0. The van der Waals surface area contributed by atoms with E-state index in [2.05, 4.69) is 20.9 Å². The number of carboxylic acid groups (broad SMARTS) is 2. The first kappa shape index (κ1) is 31.0. The quantitative estimate of drug-likeness (QED) is 0.0525. The molecule has 0 aromatic rings. The second kappa shape index (κ2) is 15.8. The molecule has 0 aliphatic heterocycles. The number of hydrogen-bond acceptors (Lipinski definition) is 8. The van der Waals surface area contributed by atoms with Crippen LogP contribution in [0, 0.1) is 0 Å². The maximum atomic E-state index is 12.9. The van der Waals surface area contributed by atoms with Crippen molar-refractivity contribution in [3.05, 3.63) is 0 Å². The highest BCUT2D eigenvalue weighted by atomic mass is 16.4. The Labute approximate surface area is 201 Å². The smallest absolute Gasteiger partial charge is 0.325 e. The largest absolute Gasteiger partial charge is 0.481 e. The molecule has 0 fully saturated rings. The van der Waals surface area contributed by atoms with Gasteiger partial charge in [0.25, 0.3) is 0 Å². The van der Waals surface area contributed by atoms with Crippen LogP contribution in [0.25, 0.3) is 0 Å². The molecule has 0 spiro atoms. The predicted molar refractivity (Wildman–Crippen MR) is 122 cm³/mol. The predicted octanol–water partition coefficient (Wildman–Crippen LogP) is -3.94. The molecule has 0 aliphatic rings. The Balaban J connectivity index is 5.52. The fourth-order valence-electron chi connectivity index (χ4n) is 2.66. The van der Waals surface area contributed by atoms with E-state index in [-0.39, 0.29) is 44.6 Å². The lowest BCUT2D eigenvalue weighted by Gasteiger charge is -2.24. The van der Waals surface area contributed by atoms with Gasteiger partial charge in [0.15, 0.2) is 5.96 Å². The van der Waals surface area contributed by atoms with Gasteiger partial charge in [-0.05, 0) is 32.6 Å². The molecule has 0 aromatic carbocycles. The fraction of sp³-hybridized carbons (Fsp3) is 0.632. The Hall–Kier alpha value is -3.95. The number of hydrogen-bond donors (Lipinski definition) is 9. The van der Waals surface area contributed by atoms with Crippen LogP contribution in [-0.4, -0.2) is 82.5 Å². The third-order valence-electron chi connectivity index (χ3n) is 4.63. The molecule has 0 aliphatic carbocycles. The number of nitrogens with two attached hydrogens (primary N) is 4. The summed E-state index contributed by atoms with van der Waals surface area (Å²) in [6, 6.07) is -5.09. The Morgan fingerprint density at radius 3 is 1.86 bits per heavy atom. The average molecular weight is 503 g/mol. The number of primary amides is 1. The van der Waals surface area contributed by atoms with Crippen LogP contribution in [0.3, 0.4) is 0 Å². The number of aliphatic imine (C=N–C) groups is 1. The summed E-state index contributed by atoms with van der Waals surface area (Å²) in [5.41, 5.74) is 21.3. The van der Waals surface area contributed by atoms with Gasteiger partial charge in [-0.3, -0.25) is 33.8 Å². The number of carbonyl (C=O) groups is 6. The van der Waals surface area contributed by atoms with Gasteiger partial charge in [0.1, 0.15) is 18.1 Å². The van der Waals surface area contributed by atoms with Gasteiger partial charge in [0.2, 0.25) is 23.6 Å². The van der Waals surface area contributed by atoms with E-state index >= 15 is 0 Å². The molecular weight excluding hydrogens is 468 g/mol. The van der Waals surface area contributed by atoms with E-state index in [0.29, 0.717) is 0 Å². The average Bonchev–Trinajstić information content (AvgIpc) is 2.75. The summed E-state index contributed by atoms with van der Waals surface area (Å²) in [6.07, 6.45) is -0.828. The lowest BCUT2D eigenvalue weighted by Crippen LogP contribution is -2.57. The van der Waals surface area contributed by atoms with Gasteiger partial charge in [-0.1, -0.05) is 0 Å². The molecule has 0 saturated carbocycles. The monoisotopic (exact) mass is 502 g/mol. The zero-order chi connectivity index (χ0) is 27.1. The summed E-state index contributed by atoms with van der Waals surface area (Å²) in [4.78, 5) is 74.4. The number of aliphatic carboxylic acids is 2. The molecule has 0 bridgehead atoms. The molecule has 0 radical (unpaired) electrons. The number of guanidine groups is 1. The van der Waals surface area contributed by atoms with Crippen molar-refractivity contribution in [1.82, 2.24) is 16.0 Å². The van der Waals surface area contributed by atoms with Crippen LogP contribution < -0.4 is 38.9 Å². The van der Waals surface area contributed by atoms with Crippen molar-refractivity contribution in [2.24, 2.45) is 27.9 Å². The highest BCUT2D eigenvalue weighted by Gasteiger charge is 2.29. The van der Waals surface area contributed by atoms with Crippen LogP contribution in [0.1, 0.15) is 45.4 Å². The second-order valence-corrected chi connectivity index (χ2v) is 7.68. The van der Waals surface area contributed by atoms with Crippen LogP contribution in [0.2, 0.25) is 0 Å². The van der Waals surface area contributed by atoms with E-state index < -0.39 is 66.2 Å². The van der Waals surface area contributed by atoms with Gasteiger partial charge in [0.05, 0.1) is 6.04 Å². The lowest BCUT2D eigenvalue weighted by molar-refractivity contribution is -0.142. The van der Waals surface area contributed by atoms with E-state index in [9.17, 15) is 28.8 Å². The number of carbonyl (C=O) groups excluding carboxylic acids is 4. The van der Waals surface area contributed by atoms with Crippen LogP contribution in [0.4, 0.5) is 0 Å². The van der Waals surface area contributed by atoms with Crippen molar-refractivity contribution in [1.29, 1.82) is 0 Å². The van der Waals surface area contributed by atoms with E-state index in [1.807, 2.05) is 0 Å². The van der Waals surface area contributed by atoms with Crippen LogP contribution >= 0.6 is 0 Å². The third-order valence-corrected chi connectivity index (χ3v) is 4.63. The van der Waals surface area contributed by atoms with Gasteiger partial charge >= 0.3 is 11.9 Å². The summed E-state index contributed by atoms with van der Waals surface area (Å²) in [5.74, 6) is -5.96.